The number of rotatable bonds is 2. The van der Waals surface area contributed by atoms with E-state index in [2.05, 4.69) is 6.92 Å². The third-order valence-corrected chi connectivity index (χ3v) is 3.87. The fourth-order valence-corrected chi connectivity index (χ4v) is 2.81. The Labute approximate surface area is 96.3 Å². The molecule has 1 aromatic rings. The smallest absolute Gasteiger partial charge is 0.123 e. The third kappa shape index (κ3) is 1.99. The van der Waals surface area contributed by atoms with E-state index in [9.17, 15) is 9.50 Å². The molecule has 0 aromatic heterocycles. The van der Waals surface area contributed by atoms with Crippen LogP contribution in [0.3, 0.4) is 0 Å². The van der Waals surface area contributed by atoms with Gasteiger partial charge in [-0.2, -0.15) is 0 Å². The van der Waals surface area contributed by atoms with Crippen LogP contribution in [0.15, 0.2) is 18.2 Å². The van der Waals surface area contributed by atoms with Crippen LogP contribution < -0.4 is 0 Å². The molecule has 2 heteroatoms. The molecule has 1 saturated carbocycles. The minimum Gasteiger partial charge on any atom is -0.385 e. The predicted octanol–water partition coefficient (Wildman–Crippen LogP) is 3.53. The highest BCUT2D eigenvalue weighted by molar-refractivity contribution is 5.32. The lowest BCUT2D eigenvalue weighted by Gasteiger charge is -2.25. The Hall–Kier alpha value is -0.890. The number of benzene rings is 1. The zero-order valence-corrected chi connectivity index (χ0v) is 9.96. The van der Waals surface area contributed by atoms with E-state index in [-0.39, 0.29) is 5.82 Å². The quantitative estimate of drug-likeness (QED) is 0.811. The van der Waals surface area contributed by atoms with Gasteiger partial charge in [-0.1, -0.05) is 19.4 Å². The van der Waals surface area contributed by atoms with Gasteiger partial charge in [0.1, 0.15) is 5.82 Å². The van der Waals surface area contributed by atoms with Crippen molar-refractivity contribution in [3.05, 3.63) is 35.1 Å². The molecule has 0 radical (unpaired) electrons. The highest BCUT2D eigenvalue weighted by Gasteiger charge is 2.38. The summed E-state index contributed by atoms with van der Waals surface area (Å²) in [6.45, 7) is 4.08. The summed E-state index contributed by atoms with van der Waals surface area (Å²) in [7, 11) is 0. The molecule has 0 bridgehead atoms. The second-order valence-electron chi connectivity index (χ2n) is 5.01. The SMILES string of the molecule is CCC1CCC(O)(c2cc(F)ccc2C)C1. The Balaban J connectivity index is 2.33. The lowest BCUT2D eigenvalue weighted by molar-refractivity contribution is 0.0389. The molecular formula is C14H19FO. The van der Waals surface area contributed by atoms with Crippen LogP contribution in [-0.4, -0.2) is 5.11 Å². The summed E-state index contributed by atoms with van der Waals surface area (Å²) < 4.78 is 13.2. The Morgan fingerprint density at radius 1 is 1.50 bits per heavy atom. The Morgan fingerprint density at radius 3 is 2.88 bits per heavy atom. The van der Waals surface area contributed by atoms with Crippen molar-refractivity contribution in [3.8, 4) is 0 Å². The molecule has 0 amide bonds. The molecule has 1 fully saturated rings. The Bertz CT molecular complexity index is 388. The van der Waals surface area contributed by atoms with Crippen molar-refractivity contribution < 1.29 is 9.50 Å². The minimum absolute atomic E-state index is 0.256. The summed E-state index contributed by atoms with van der Waals surface area (Å²) in [6.07, 6.45) is 3.67. The first-order valence-corrected chi connectivity index (χ1v) is 6.04. The lowest BCUT2D eigenvalue weighted by Crippen LogP contribution is -2.23. The van der Waals surface area contributed by atoms with Gasteiger partial charge < -0.3 is 5.11 Å². The largest absolute Gasteiger partial charge is 0.385 e. The molecular weight excluding hydrogens is 203 g/mol. The summed E-state index contributed by atoms with van der Waals surface area (Å²) >= 11 is 0. The van der Waals surface area contributed by atoms with Crippen LogP contribution in [0.5, 0.6) is 0 Å². The molecule has 2 unspecified atom stereocenters. The van der Waals surface area contributed by atoms with Crippen molar-refractivity contribution in [1.29, 1.82) is 0 Å². The van der Waals surface area contributed by atoms with Crippen molar-refractivity contribution in [1.82, 2.24) is 0 Å². The average molecular weight is 222 g/mol. The van der Waals surface area contributed by atoms with Gasteiger partial charge in [0.15, 0.2) is 0 Å². The molecule has 0 spiro atoms. The zero-order valence-electron chi connectivity index (χ0n) is 9.96. The maximum absolute atomic E-state index is 13.2. The summed E-state index contributed by atoms with van der Waals surface area (Å²) in [5.41, 5.74) is 0.969. The van der Waals surface area contributed by atoms with Crippen molar-refractivity contribution in [2.24, 2.45) is 5.92 Å². The highest BCUT2D eigenvalue weighted by Crippen LogP contribution is 2.44. The van der Waals surface area contributed by atoms with E-state index in [1.54, 1.807) is 6.07 Å². The molecule has 1 N–H and O–H groups in total. The minimum atomic E-state index is -0.799. The molecule has 0 saturated heterocycles. The number of hydrogen-bond acceptors (Lipinski definition) is 1. The van der Waals surface area contributed by atoms with Gasteiger partial charge in [0.05, 0.1) is 5.60 Å². The number of hydrogen-bond donors (Lipinski definition) is 1. The fraction of sp³-hybridized carbons (Fsp3) is 0.571. The monoisotopic (exact) mass is 222 g/mol. The molecule has 1 aliphatic rings. The van der Waals surface area contributed by atoms with Gasteiger partial charge in [0.2, 0.25) is 0 Å². The van der Waals surface area contributed by atoms with E-state index in [0.717, 1.165) is 36.8 Å². The topological polar surface area (TPSA) is 20.2 Å². The standard InChI is InChI=1S/C14H19FO/c1-3-11-6-7-14(16,9-11)13-8-12(15)5-4-10(13)2/h4-5,8,11,16H,3,6-7,9H2,1-2H3. The van der Waals surface area contributed by atoms with Crippen molar-refractivity contribution in [2.45, 2.75) is 45.1 Å². The van der Waals surface area contributed by atoms with Gasteiger partial charge in [-0.15, -0.1) is 0 Å². The Morgan fingerprint density at radius 2 is 2.25 bits per heavy atom. The molecule has 2 rings (SSSR count). The number of halogens is 1. The number of aryl methyl sites for hydroxylation is 1. The molecule has 0 heterocycles. The van der Waals surface area contributed by atoms with Crippen LogP contribution >= 0.6 is 0 Å². The van der Waals surface area contributed by atoms with E-state index in [4.69, 9.17) is 0 Å². The van der Waals surface area contributed by atoms with Gasteiger partial charge in [-0.25, -0.2) is 4.39 Å². The first kappa shape index (κ1) is 11.6. The van der Waals surface area contributed by atoms with E-state index in [1.807, 2.05) is 6.92 Å². The van der Waals surface area contributed by atoms with Crippen molar-refractivity contribution in [2.75, 3.05) is 0 Å². The highest BCUT2D eigenvalue weighted by atomic mass is 19.1. The molecule has 88 valence electrons. The third-order valence-electron chi connectivity index (χ3n) is 3.87. The van der Waals surface area contributed by atoms with E-state index in [1.165, 1.54) is 12.1 Å². The van der Waals surface area contributed by atoms with Crippen LogP contribution in [0, 0.1) is 18.7 Å². The zero-order chi connectivity index (χ0) is 11.8. The normalized spacial score (nSPS) is 29.6. The molecule has 16 heavy (non-hydrogen) atoms. The van der Waals surface area contributed by atoms with Crippen molar-refractivity contribution in [3.63, 3.8) is 0 Å². The van der Waals surface area contributed by atoms with Gasteiger partial charge in [-0.05, 0) is 55.4 Å². The van der Waals surface area contributed by atoms with E-state index < -0.39 is 5.60 Å². The van der Waals surface area contributed by atoms with Crippen LogP contribution in [0.25, 0.3) is 0 Å². The maximum atomic E-state index is 13.2. The second-order valence-corrected chi connectivity index (χ2v) is 5.01. The summed E-state index contributed by atoms with van der Waals surface area (Å²) in [5, 5.41) is 10.6. The van der Waals surface area contributed by atoms with Gasteiger partial charge >= 0.3 is 0 Å². The predicted molar refractivity (Wildman–Crippen MR) is 62.7 cm³/mol. The van der Waals surface area contributed by atoms with Crippen LogP contribution in [0.2, 0.25) is 0 Å². The molecule has 1 aliphatic carbocycles. The summed E-state index contributed by atoms with van der Waals surface area (Å²) in [6, 6.07) is 4.70. The fourth-order valence-electron chi connectivity index (χ4n) is 2.81. The van der Waals surface area contributed by atoms with Crippen LogP contribution in [0.4, 0.5) is 4.39 Å². The molecule has 0 aliphatic heterocycles. The van der Waals surface area contributed by atoms with Crippen LogP contribution in [0.1, 0.15) is 43.7 Å². The number of aliphatic hydroxyl groups is 1. The Kier molecular flexibility index (Phi) is 3.02. The summed E-state index contributed by atoms with van der Waals surface area (Å²) in [5.74, 6) is 0.321. The molecule has 1 nitrogen and oxygen atoms in total. The molecule has 1 aromatic carbocycles. The first-order chi connectivity index (χ1) is 7.55. The van der Waals surface area contributed by atoms with Crippen molar-refractivity contribution >= 4 is 0 Å². The first-order valence-electron chi connectivity index (χ1n) is 6.04. The van der Waals surface area contributed by atoms with E-state index >= 15 is 0 Å². The molecule has 2 atom stereocenters. The van der Waals surface area contributed by atoms with Gasteiger partial charge in [-0.3, -0.25) is 0 Å². The maximum Gasteiger partial charge on any atom is 0.123 e. The van der Waals surface area contributed by atoms with E-state index in [0.29, 0.717) is 5.92 Å². The second kappa shape index (κ2) is 4.17. The van der Waals surface area contributed by atoms with Crippen LogP contribution in [-0.2, 0) is 5.60 Å². The lowest BCUT2D eigenvalue weighted by atomic mass is 9.87. The van der Waals surface area contributed by atoms with Gasteiger partial charge in [0, 0.05) is 0 Å². The summed E-state index contributed by atoms with van der Waals surface area (Å²) in [4.78, 5) is 0. The van der Waals surface area contributed by atoms with Gasteiger partial charge in [0.25, 0.3) is 0 Å². The average Bonchev–Trinajstić information content (AvgIpc) is 2.65.